The molecular formula is C19H17N3O. The lowest BCUT2D eigenvalue weighted by Gasteiger charge is -2.38. The van der Waals surface area contributed by atoms with Gasteiger partial charge in [-0.2, -0.15) is 5.26 Å². The highest BCUT2D eigenvalue weighted by Crippen LogP contribution is 2.40. The fraction of sp³-hybridized carbons (Fsp3) is 0.263. The summed E-state index contributed by atoms with van der Waals surface area (Å²) in [6.07, 6.45) is 2.49. The van der Waals surface area contributed by atoms with Crippen molar-refractivity contribution in [2.45, 2.75) is 18.9 Å². The molecule has 2 aromatic carbocycles. The number of carbonyl (C=O) groups excluding carboxylic acids is 1. The van der Waals surface area contributed by atoms with Crippen LogP contribution < -0.4 is 9.80 Å². The molecule has 0 unspecified atom stereocenters. The van der Waals surface area contributed by atoms with Crippen molar-refractivity contribution < 1.29 is 4.79 Å². The SMILES string of the molecule is N#Cc1cccc(C(=O)N2CCN(C3CC3)c3ccccc32)c1. The smallest absolute Gasteiger partial charge is 0.258 e. The second-order valence-corrected chi connectivity index (χ2v) is 6.06. The van der Waals surface area contributed by atoms with E-state index in [1.54, 1.807) is 24.3 Å². The molecule has 2 aromatic rings. The van der Waals surface area contributed by atoms with Gasteiger partial charge in [0.05, 0.1) is 23.0 Å². The molecule has 0 N–H and O–H groups in total. The van der Waals surface area contributed by atoms with Gasteiger partial charge in [0.2, 0.25) is 0 Å². The summed E-state index contributed by atoms with van der Waals surface area (Å²) in [5, 5.41) is 9.03. The van der Waals surface area contributed by atoms with Crippen LogP contribution in [0.2, 0.25) is 0 Å². The third-order valence-corrected chi connectivity index (χ3v) is 4.52. The largest absolute Gasteiger partial charge is 0.365 e. The van der Waals surface area contributed by atoms with Crippen LogP contribution in [0.5, 0.6) is 0 Å². The van der Waals surface area contributed by atoms with Crippen molar-refractivity contribution >= 4 is 17.3 Å². The van der Waals surface area contributed by atoms with Crippen LogP contribution in [0, 0.1) is 11.3 Å². The number of anilines is 2. The zero-order valence-corrected chi connectivity index (χ0v) is 12.8. The lowest BCUT2D eigenvalue weighted by atomic mass is 10.1. The number of nitrogens with zero attached hydrogens (tertiary/aromatic N) is 3. The molecule has 0 spiro atoms. The second kappa shape index (κ2) is 5.44. The second-order valence-electron chi connectivity index (χ2n) is 6.06. The molecule has 1 fully saturated rings. The number of benzene rings is 2. The Hall–Kier alpha value is -2.80. The summed E-state index contributed by atoms with van der Waals surface area (Å²) >= 11 is 0. The Morgan fingerprint density at radius 1 is 1.04 bits per heavy atom. The van der Waals surface area contributed by atoms with Crippen molar-refractivity contribution in [1.82, 2.24) is 0 Å². The molecule has 2 aliphatic rings. The quantitative estimate of drug-likeness (QED) is 0.856. The molecular weight excluding hydrogens is 286 g/mol. The van der Waals surface area contributed by atoms with Crippen LogP contribution >= 0.6 is 0 Å². The van der Waals surface area contributed by atoms with E-state index in [-0.39, 0.29) is 5.91 Å². The first kappa shape index (κ1) is 13.8. The van der Waals surface area contributed by atoms with Gasteiger partial charge in [-0.15, -0.1) is 0 Å². The topological polar surface area (TPSA) is 47.3 Å². The number of carbonyl (C=O) groups is 1. The number of hydrogen-bond acceptors (Lipinski definition) is 3. The molecule has 1 heterocycles. The van der Waals surface area contributed by atoms with Gasteiger partial charge in [-0.25, -0.2) is 0 Å². The monoisotopic (exact) mass is 303 g/mol. The molecule has 4 nitrogen and oxygen atoms in total. The molecule has 0 aromatic heterocycles. The van der Waals surface area contributed by atoms with E-state index in [2.05, 4.69) is 17.0 Å². The van der Waals surface area contributed by atoms with E-state index >= 15 is 0 Å². The van der Waals surface area contributed by atoms with Crippen molar-refractivity contribution in [1.29, 1.82) is 5.26 Å². The Bertz CT molecular complexity index is 804. The number of amides is 1. The molecule has 0 radical (unpaired) electrons. The Balaban J connectivity index is 1.70. The van der Waals surface area contributed by atoms with Gasteiger partial charge >= 0.3 is 0 Å². The highest BCUT2D eigenvalue weighted by molar-refractivity contribution is 6.08. The van der Waals surface area contributed by atoms with Crippen LogP contribution in [0.3, 0.4) is 0 Å². The van der Waals surface area contributed by atoms with Crippen LogP contribution in [0.1, 0.15) is 28.8 Å². The molecule has 4 heteroatoms. The maximum Gasteiger partial charge on any atom is 0.258 e. The lowest BCUT2D eigenvalue weighted by Crippen LogP contribution is -2.45. The van der Waals surface area contributed by atoms with Crippen LogP contribution in [0.15, 0.2) is 48.5 Å². The summed E-state index contributed by atoms with van der Waals surface area (Å²) in [4.78, 5) is 17.2. The molecule has 0 bridgehead atoms. The predicted molar refractivity (Wildman–Crippen MR) is 89.6 cm³/mol. The predicted octanol–water partition coefficient (Wildman–Crippen LogP) is 3.19. The van der Waals surface area contributed by atoms with E-state index < -0.39 is 0 Å². The average Bonchev–Trinajstić information content (AvgIpc) is 3.45. The van der Waals surface area contributed by atoms with Crippen molar-refractivity contribution in [3.8, 4) is 6.07 Å². The van der Waals surface area contributed by atoms with Crippen molar-refractivity contribution in [2.24, 2.45) is 0 Å². The molecule has 1 aliphatic heterocycles. The molecule has 114 valence electrons. The highest BCUT2D eigenvalue weighted by Gasteiger charge is 2.35. The van der Waals surface area contributed by atoms with Gasteiger partial charge in [0.15, 0.2) is 0 Å². The van der Waals surface area contributed by atoms with Crippen molar-refractivity contribution in [2.75, 3.05) is 22.9 Å². The summed E-state index contributed by atoms with van der Waals surface area (Å²) in [7, 11) is 0. The van der Waals surface area contributed by atoms with Crippen molar-refractivity contribution in [3.05, 3.63) is 59.7 Å². The van der Waals surface area contributed by atoms with E-state index in [9.17, 15) is 4.79 Å². The van der Waals surface area contributed by atoms with Crippen LogP contribution in [-0.4, -0.2) is 25.0 Å². The third-order valence-electron chi connectivity index (χ3n) is 4.52. The lowest BCUT2D eigenvalue weighted by molar-refractivity contribution is 0.0986. The van der Waals surface area contributed by atoms with Crippen molar-refractivity contribution in [3.63, 3.8) is 0 Å². The maximum absolute atomic E-state index is 12.9. The minimum absolute atomic E-state index is 0.0370. The zero-order chi connectivity index (χ0) is 15.8. The molecule has 1 aliphatic carbocycles. The zero-order valence-electron chi connectivity index (χ0n) is 12.8. The number of rotatable bonds is 2. The standard InChI is InChI=1S/C19H17N3O/c20-13-14-4-3-5-15(12-14)19(23)22-11-10-21(16-8-9-16)17-6-1-2-7-18(17)22/h1-7,12,16H,8-11H2. The van der Waals surface area contributed by atoms with Gasteiger partial charge in [0, 0.05) is 24.7 Å². The minimum atomic E-state index is -0.0370. The summed E-state index contributed by atoms with van der Waals surface area (Å²) in [5.41, 5.74) is 3.20. The number of para-hydroxylation sites is 2. The Kier molecular flexibility index (Phi) is 3.27. The fourth-order valence-corrected chi connectivity index (χ4v) is 3.24. The number of fused-ring (bicyclic) bond motifs is 1. The summed E-state index contributed by atoms with van der Waals surface area (Å²) in [6, 6.07) is 17.8. The first-order valence-corrected chi connectivity index (χ1v) is 7.95. The van der Waals surface area contributed by atoms with Crippen LogP contribution in [0.25, 0.3) is 0 Å². The first-order chi connectivity index (χ1) is 11.3. The van der Waals surface area contributed by atoms with E-state index in [4.69, 9.17) is 5.26 Å². The maximum atomic E-state index is 12.9. The van der Waals surface area contributed by atoms with E-state index in [1.807, 2.05) is 23.1 Å². The van der Waals surface area contributed by atoms with E-state index in [1.165, 1.54) is 12.8 Å². The van der Waals surface area contributed by atoms with Gasteiger partial charge < -0.3 is 9.80 Å². The summed E-state index contributed by atoms with van der Waals surface area (Å²) < 4.78 is 0. The molecule has 1 saturated carbocycles. The summed E-state index contributed by atoms with van der Waals surface area (Å²) in [6.45, 7) is 1.55. The van der Waals surface area contributed by atoms with Crippen LogP contribution in [-0.2, 0) is 0 Å². The molecule has 1 amide bonds. The van der Waals surface area contributed by atoms with E-state index in [0.717, 1.165) is 17.9 Å². The summed E-state index contributed by atoms with van der Waals surface area (Å²) in [5.74, 6) is -0.0370. The Morgan fingerprint density at radius 2 is 1.83 bits per heavy atom. The normalized spacial score (nSPS) is 16.7. The fourth-order valence-electron chi connectivity index (χ4n) is 3.24. The third kappa shape index (κ3) is 2.44. The molecule has 4 rings (SSSR count). The molecule has 23 heavy (non-hydrogen) atoms. The van der Waals surface area contributed by atoms with Gasteiger partial charge in [-0.1, -0.05) is 18.2 Å². The van der Waals surface area contributed by atoms with Crippen LogP contribution in [0.4, 0.5) is 11.4 Å². The van der Waals surface area contributed by atoms with Gasteiger partial charge in [-0.3, -0.25) is 4.79 Å². The molecule has 0 saturated heterocycles. The minimum Gasteiger partial charge on any atom is -0.365 e. The average molecular weight is 303 g/mol. The number of hydrogen-bond donors (Lipinski definition) is 0. The van der Waals surface area contributed by atoms with Gasteiger partial charge in [-0.05, 0) is 43.2 Å². The molecule has 0 atom stereocenters. The Morgan fingerprint density at radius 3 is 2.57 bits per heavy atom. The van der Waals surface area contributed by atoms with Gasteiger partial charge in [0.1, 0.15) is 0 Å². The highest BCUT2D eigenvalue weighted by atomic mass is 16.2. The number of nitriles is 1. The first-order valence-electron chi connectivity index (χ1n) is 7.95. The van der Waals surface area contributed by atoms with Gasteiger partial charge in [0.25, 0.3) is 5.91 Å². The van der Waals surface area contributed by atoms with E-state index in [0.29, 0.717) is 23.7 Å². The Labute approximate surface area is 135 Å².